The highest BCUT2D eigenvalue weighted by Gasteiger charge is 2.16. The molecule has 0 atom stereocenters. The van der Waals surface area contributed by atoms with Crippen molar-refractivity contribution in [1.29, 1.82) is 0 Å². The average molecular weight is 280 g/mol. The van der Waals surface area contributed by atoms with Crippen LogP contribution in [-0.4, -0.2) is 30.2 Å². The Morgan fingerprint density at radius 2 is 1.84 bits per heavy atom. The number of anilines is 1. The number of carbonyl (C=O) groups is 1. The fourth-order valence-electron chi connectivity index (χ4n) is 1.37. The highest BCUT2D eigenvalue weighted by atomic mass is 32.1. The van der Waals surface area contributed by atoms with Gasteiger partial charge < -0.3 is 15.4 Å². The third-order valence-corrected chi connectivity index (χ3v) is 2.78. The molecule has 1 aromatic rings. The molecule has 0 spiro atoms. The molecule has 5 heteroatoms. The SMILES string of the molecule is CN(C(=O)COC(C)(C)C)c1ccc(C(N)=S)cc1. The summed E-state index contributed by atoms with van der Waals surface area (Å²) in [7, 11) is 1.71. The first-order chi connectivity index (χ1) is 8.70. The fourth-order valence-corrected chi connectivity index (χ4v) is 1.50. The molecule has 0 saturated carbocycles. The minimum Gasteiger partial charge on any atom is -0.389 e. The lowest BCUT2D eigenvalue weighted by molar-refractivity contribution is -0.127. The van der Waals surface area contributed by atoms with Gasteiger partial charge in [0.15, 0.2) is 0 Å². The molecule has 1 rings (SSSR count). The van der Waals surface area contributed by atoms with E-state index in [1.165, 1.54) is 0 Å². The van der Waals surface area contributed by atoms with Gasteiger partial charge in [0.2, 0.25) is 0 Å². The molecule has 0 aliphatic heterocycles. The van der Waals surface area contributed by atoms with Gasteiger partial charge in [-0.1, -0.05) is 12.2 Å². The molecule has 0 bridgehead atoms. The molecule has 0 aliphatic rings. The van der Waals surface area contributed by atoms with Gasteiger partial charge in [-0.15, -0.1) is 0 Å². The number of nitrogens with zero attached hydrogens (tertiary/aromatic N) is 1. The number of hydrogen-bond donors (Lipinski definition) is 1. The number of rotatable bonds is 4. The summed E-state index contributed by atoms with van der Waals surface area (Å²) in [6.07, 6.45) is 0. The van der Waals surface area contributed by atoms with Crippen LogP contribution in [-0.2, 0) is 9.53 Å². The van der Waals surface area contributed by atoms with Crippen LogP contribution < -0.4 is 10.6 Å². The van der Waals surface area contributed by atoms with E-state index in [1.807, 2.05) is 32.9 Å². The summed E-state index contributed by atoms with van der Waals surface area (Å²) < 4.78 is 5.46. The number of ether oxygens (including phenoxy) is 1. The predicted octanol–water partition coefficient (Wildman–Crippen LogP) is 2.10. The molecule has 0 unspecified atom stereocenters. The van der Waals surface area contributed by atoms with Crippen LogP contribution in [0.2, 0.25) is 0 Å². The van der Waals surface area contributed by atoms with Gasteiger partial charge in [0.25, 0.3) is 5.91 Å². The predicted molar refractivity (Wildman–Crippen MR) is 81.4 cm³/mol. The van der Waals surface area contributed by atoms with Gasteiger partial charge >= 0.3 is 0 Å². The lowest BCUT2D eigenvalue weighted by Crippen LogP contribution is -2.33. The van der Waals surface area contributed by atoms with Gasteiger partial charge in [-0.25, -0.2) is 0 Å². The van der Waals surface area contributed by atoms with Crippen LogP contribution in [0, 0.1) is 0 Å². The van der Waals surface area contributed by atoms with Crippen molar-refractivity contribution in [1.82, 2.24) is 0 Å². The monoisotopic (exact) mass is 280 g/mol. The number of hydrogen-bond acceptors (Lipinski definition) is 3. The summed E-state index contributed by atoms with van der Waals surface area (Å²) in [5, 5.41) is 0. The van der Waals surface area contributed by atoms with Crippen LogP contribution in [0.1, 0.15) is 26.3 Å². The van der Waals surface area contributed by atoms with E-state index in [1.54, 1.807) is 24.1 Å². The first-order valence-corrected chi connectivity index (χ1v) is 6.42. The van der Waals surface area contributed by atoms with Crippen LogP contribution in [0.3, 0.4) is 0 Å². The standard InChI is InChI=1S/C14H20N2O2S/c1-14(2,3)18-9-12(17)16(4)11-7-5-10(6-8-11)13(15)19/h5-8H,9H2,1-4H3,(H2,15,19). The Labute approximate surface area is 119 Å². The number of nitrogens with two attached hydrogens (primary N) is 1. The highest BCUT2D eigenvalue weighted by Crippen LogP contribution is 2.15. The van der Waals surface area contributed by atoms with E-state index in [4.69, 9.17) is 22.7 Å². The molecule has 0 heterocycles. The van der Waals surface area contributed by atoms with Gasteiger partial charge in [-0.05, 0) is 45.0 Å². The Kier molecular flexibility index (Phi) is 5.03. The molecule has 0 fully saturated rings. The highest BCUT2D eigenvalue weighted by molar-refractivity contribution is 7.80. The lowest BCUT2D eigenvalue weighted by atomic mass is 10.2. The molecule has 2 N–H and O–H groups in total. The molecule has 19 heavy (non-hydrogen) atoms. The Balaban J connectivity index is 2.69. The van der Waals surface area contributed by atoms with Crippen molar-refractivity contribution in [2.45, 2.75) is 26.4 Å². The lowest BCUT2D eigenvalue weighted by Gasteiger charge is -2.22. The Morgan fingerprint density at radius 1 is 1.32 bits per heavy atom. The van der Waals surface area contributed by atoms with E-state index >= 15 is 0 Å². The molecule has 4 nitrogen and oxygen atoms in total. The minimum absolute atomic E-state index is 0.0526. The van der Waals surface area contributed by atoms with Crippen LogP contribution in [0.5, 0.6) is 0 Å². The first-order valence-electron chi connectivity index (χ1n) is 6.01. The van der Waals surface area contributed by atoms with Crippen molar-refractivity contribution in [3.63, 3.8) is 0 Å². The molecule has 0 aliphatic carbocycles. The van der Waals surface area contributed by atoms with Gasteiger partial charge in [0, 0.05) is 18.3 Å². The van der Waals surface area contributed by atoms with Crippen molar-refractivity contribution < 1.29 is 9.53 Å². The van der Waals surface area contributed by atoms with E-state index in [0.717, 1.165) is 11.3 Å². The van der Waals surface area contributed by atoms with Crippen LogP contribution >= 0.6 is 12.2 Å². The number of carbonyl (C=O) groups excluding carboxylic acids is 1. The maximum Gasteiger partial charge on any atom is 0.252 e. The number of likely N-dealkylation sites (N-methyl/N-ethyl adjacent to an activating group) is 1. The second kappa shape index (κ2) is 6.12. The molecule has 0 saturated heterocycles. The van der Waals surface area contributed by atoms with E-state index in [2.05, 4.69) is 0 Å². The first kappa shape index (κ1) is 15.6. The van der Waals surface area contributed by atoms with Crippen molar-refractivity contribution >= 4 is 28.8 Å². The maximum absolute atomic E-state index is 12.0. The van der Waals surface area contributed by atoms with Crippen LogP contribution in [0.25, 0.3) is 0 Å². The molecule has 0 radical (unpaired) electrons. The summed E-state index contributed by atoms with van der Waals surface area (Å²) in [6, 6.07) is 7.21. The normalized spacial score (nSPS) is 11.2. The summed E-state index contributed by atoms with van der Waals surface area (Å²) in [5.74, 6) is -0.0991. The second-order valence-electron chi connectivity index (χ2n) is 5.26. The Morgan fingerprint density at radius 3 is 2.26 bits per heavy atom. The minimum atomic E-state index is -0.327. The summed E-state index contributed by atoms with van der Waals surface area (Å²) >= 11 is 4.88. The molecule has 0 aromatic heterocycles. The van der Waals surface area contributed by atoms with Gasteiger partial charge in [-0.2, -0.15) is 0 Å². The quantitative estimate of drug-likeness (QED) is 0.858. The molecule has 1 aromatic carbocycles. The van der Waals surface area contributed by atoms with Gasteiger partial charge in [-0.3, -0.25) is 4.79 Å². The van der Waals surface area contributed by atoms with Crippen LogP contribution in [0.4, 0.5) is 5.69 Å². The zero-order valence-electron chi connectivity index (χ0n) is 11.8. The smallest absolute Gasteiger partial charge is 0.252 e. The zero-order chi connectivity index (χ0) is 14.6. The number of benzene rings is 1. The number of amides is 1. The van der Waals surface area contributed by atoms with Gasteiger partial charge in [0.05, 0.1) is 5.60 Å². The third kappa shape index (κ3) is 4.96. The zero-order valence-corrected chi connectivity index (χ0v) is 12.6. The van der Waals surface area contributed by atoms with Crippen molar-refractivity contribution in [3.8, 4) is 0 Å². The average Bonchev–Trinajstić information content (AvgIpc) is 2.34. The Hall–Kier alpha value is -1.46. The Bertz CT molecular complexity index is 463. The largest absolute Gasteiger partial charge is 0.389 e. The molecular formula is C14H20N2O2S. The van der Waals surface area contributed by atoms with Crippen molar-refractivity contribution in [3.05, 3.63) is 29.8 Å². The van der Waals surface area contributed by atoms with Crippen LogP contribution in [0.15, 0.2) is 24.3 Å². The van der Waals surface area contributed by atoms with E-state index in [0.29, 0.717) is 4.99 Å². The molecular weight excluding hydrogens is 260 g/mol. The van der Waals surface area contributed by atoms with Gasteiger partial charge in [0.1, 0.15) is 11.6 Å². The fraction of sp³-hybridized carbons (Fsp3) is 0.429. The van der Waals surface area contributed by atoms with Crippen molar-refractivity contribution in [2.75, 3.05) is 18.6 Å². The van der Waals surface area contributed by atoms with E-state index < -0.39 is 0 Å². The van der Waals surface area contributed by atoms with Crippen molar-refractivity contribution in [2.24, 2.45) is 5.73 Å². The second-order valence-corrected chi connectivity index (χ2v) is 5.70. The topological polar surface area (TPSA) is 55.6 Å². The number of thiocarbonyl (C=S) groups is 1. The summed E-state index contributed by atoms with van der Waals surface area (Å²) in [6.45, 7) is 5.79. The van der Waals surface area contributed by atoms with E-state index in [-0.39, 0.29) is 18.1 Å². The molecule has 1 amide bonds. The summed E-state index contributed by atoms with van der Waals surface area (Å²) in [4.78, 5) is 13.9. The molecule has 104 valence electrons. The summed E-state index contributed by atoms with van der Waals surface area (Å²) in [5.41, 5.74) is 6.76. The third-order valence-electron chi connectivity index (χ3n) is 2.54. The van der Waals surface area contributed by atoms with E-state index in [9.17, 15) is 4.79 Å². The maximum atomic E-state index is 12.0.